The topological polar surface area (TPSA) is 88.7 Å². The molecule has 2 aliphatic rings. The predicted octanol–water partition coefficient (Wildman–Crippen LogP) is 3.36. The zero-order valence-corrected chi connectivity index (χ0v) is 22.3. The number of hydrogen-bond acceptors (Lipinski definition) is 6. The molecule has 2 atom stereocenters. The minimum atomic E-state index is -0.634. The number of anilines is 2. The van der Waals surface area contributed by atoms with Gasteiger partial charge in [0, 0.05) is 56.2 Å². The first-order valence-corrected chi connectivity index (χ1v) is 13.5. The van der Waals surface area contributed by atoms with Gasteiger partial charge in [0.25, 0.3) is 0 Å². The highest BCUT2D eigenvalue weighted by Crippen LogP contribution is 2.35. The fraction of sp³-hybridized carbons (Fsp3) is 0.448. The van der Waals surface area contributed by atoms with Crippen LogP contribution in [0.5, 0.6) is 0 Å². The molecule has 3 aromatic rings. The number of benzene rings is 2. The van der Waals surface area contributed by atoms with Gasteiger partial charge < -0.3 is 24.8 Å². The summed E-state index contributed by atoms with van der Waals surface area (Å²) >= 11 is 0. The zero-order valence-electron chi connectivity index (χ0n) is 22.3. The summed E-state index contributed by atoms with van der Waals surface area (Å²) in [6.07, 6.45) is 4.29. The molecule has 10 heteroatoms. The molecule has 2 aliphatic heterocycles. The lowest BCUT2D eigenvalue weighted by Crippen LogP contribution is -2.37. The van der Waals surface area contributed by atoms with E-state index in [9.17, 15) is 13.6 Å². The Bertz CT molecular complexity index is 1290. The molecule has 0 bridgehead atoms. The maximum Gasteiger partial charge on any atom is 0.231 e. The molecule has 1 aromatic heterocycles. The Morgan fingerprint density at radius 1 is 1.15 bits per heavy atom. The number of rotatable bonds is 9. The molecule has 2 saturated heterocycles. The summed E-state index contributed by atoms with van der Waals surface area (Å²) in [6, 6.07) is 9.97. The molecule has 8 nitrogen and oxygen atoms in total. The van der Waals surface area contributed by atoms with Crippen molar-refractivity contribution in [1.82, 2.24) is 14.5 Å². The third kappa shape index (κ3) is 6.29. The lowest BCUT2D eigenvalue weighted by molar-refractivity contribution is -0.120. The van der Waals surface area contributed by atoms with Gasteiger partial charge in [0.1, 0.15) is 11.6 Å². The number of hydrogen-bond donors (Lipinski definition) is 2. The number of imidazole rings is 1. The third-order valence-corrected chi connectivity index (χ3v) is 7.66. The maximum absolute atomic E-state index is 14.8. The van der Waals surface area contributed by atoms with E-state index in [-0.39, 0.29) is 5.91 Å². The van der Waals surface area contributed by atoms with Crippen molar-refractivity contribution < 1.29 is 18.3 Å². The standard InChI is InChI=1S/C29H36F2N6O2/c1-20-3-4-21(27(15-20)36-11-13-39-14-12-36)17-37-10-8-33-29(37)34-28(38)25-19-35(9-2-7-32)18-24(25)23-6-5-22(30)16-26(23)31/h3-6,8,10,15-16,24-25H,2,7,9,11-14,17-19,32H2,1H3,(H,33,34,38)/t24-,25+/m0/s1. The Kier molecular flexibility index (Phi) is 8.54. The summed E-state index contributed by atoms with van der Waals surface area (Å²) < 4.78 is 35.9. The van der Waals surface area contributed by atoms with Crippen LogP contribution >= 0.6 is 0 Å². The van der Waals surface area contributed by atoms with Gasteiger partial charge in [-0.2, -0.15) is 0 Å². The van der Waals surface area contributed by atoms with Gasteiger partial charge in [0.2, 0.25) is 11.9 Å². The highest BCUT2D eigenvalue weighted by Gasteiger charge is 2.39. The van der Waals surface area contributed by atoms with E-state index in [2.05, 4.69) is 45.2 Å². The van der Waals surface area contributed by atoms with E-state index in [4.69, 9.17) is 10.5 Å². The van der Waals surface area contributed by atoms with Crippen LogP contribution in [0.2, 0.25) is 0 Å². The summed E-state index contributed by atoms with van der Waals surface area (Å²) in [5, 5.41) is 3.00. The van der Waals surface area contributed by atoms with Crippen molar-refractivity contribution in [2.24, 2.45) is 11.7 Å². The first-order chi connectivity index (χ1) is 18.9. The van der Waals surface area contributed by atoms with Crippen LogP contribution in [-0.2, 0) is 16.1 Å². The Morgan fingerprint density at radius 3 is 2.74 bits per heavy atom. The Balaban J connectivity index is 1.35. The quantitative estimate of drug-likeness (QED) is 0.435. The number of likely N-dealkylation sites (tertiary alicyclic amines) is 1. The van der Waals surface area contributed by atoms with Crippen molar-refractivity contribution in [3.05, 3.63) is 77.1 Å². The number of halogens is 2. The van der Waals surface area contributed by atoms with Crippen molar-refractivity contribution in [2.75, 3.05) is 62.7 Å². The summed E-state index contributed by atoms with van der Waals surface area (Å²) in [5.74, 6) is -1.98. The number of carbonyl (C=O) groups excluding carboxylic acids is 1. The second kappa shape index (κ2) is 12.2. The summed E-state index contributed by atoms with van der Waals surface area (Å²) in [7, 11) is 0. The second-order valence-corrected chi connectivity index (χ2v) is 10.4. The highest BCUT2D eigenvalue weighted by molar-refractivity contribution is 5.92. The molecular weight excluding hydrogens is 502 g/mol. The number of aryl methyl sites for hydroxylation is 1. The van der Waals surface area contributed by atoms with E-state index in [0.717, 1.165) is 36.8 Å². The fourth-order valence-corrected chi connectivity index (χ4v) is 5.62. The van der Waals surface area contributed by atoms with Gasteiger partial charge in [-0.05, 0) is 55.3 Å². The third-order valence-electron chi connectivity index (χ3n) is 7.66. The summed E-state index contributed by atoms with van der Waals surface area (Å²) in [4.78, 5) is 22.5. The van der Waals surface area contributed by atoms with Crippen LogP contribution in [0.4, 0.5) is 20.4 Å². The molecule has 0 unspecified atom stereocenters. The molecule has 0 saturated carbocycles. The minimum Gasteiger partial charge on any atom is -0.378 e. The number of aromatic nitrogens is 2. The number of nitrogens with zero attached hydrogens (tertiary/aromatic N) is 4. The second-order valence-electron chi connectivity index (χ2n) is 10.4. The van der Waals surface area contributed by atoms with Gasteiger partial charge in [0.05, 0.1) is 25.7 Å². The van der Waals surface area contributed by atoms with Gasteiger partial charge >= 0.3 is 0 Å². The lowest BCUT2D eigenvalue weighted by atomic mass is 9.88. The van der Waals surface area contributed by atoms with Crippen LogP contribution in [0.3, 0.4) is 0 Å². The van der Waals surface area contributed by atoms with E-state index >= 15 is 0 Å². The molecule has 3 heterocycles. The van der Waals surface area contributed by atoms with Crippen molar-refractivity contribution in [3.8, 4) is 0 Å². The largest absolute Gasteiger partial charge is 0.378 e. The Hall–Kier alpha value is -3.34. The Labute approximate surface area is 227 Å². The number of amides is 1. The van der Waals surface area contributed by atoms with Crippen LogP contribution in [0.1, 0.15) is 29.0 Å². The van der Waals surface area contributed by atoms with Crippen molar-refractivity contribution >= 4 is 17.5 Å². The summed E-state index contributed by atoms with van der Waals surface area (Å²) in [6.45, 7) is 7.87. The van der Waals surface area contributed by atoms with Crippen molar-refractivity contribution in [2.45, 2.75) is 25.8 Å². The number of ether oxygens (including phenoxy) is 1. The molecule has 1 amide bonds. The van der Waals surface area contributed by atoms with Gasteiger partial charge in [-0.1, -0.05) is 18.2 Å². The zero-order chi connectivity index (χ0) is 27.4. The Morgan fingerprint density at radius 2 is 1.97 bits per heavy atom. The molecule has 0 aliphatic carbocycles. The van der Waals surface area contributed by atoms with Crippen LogP contribution in [0.15, 0.2) is 48.8 Å². The normalized spacial score (nSPS) is 19.9. The van der Waals surface area contributed by atoms with E-state index < -0.39 is 23.5 Å². The predicted molar refractivity (Wildman–Crippen MR) is 147 cm³/mol. The molecule has 208 valence electrons. The smallest absolute Gasteiger partial charge is 0.231 e. The fourth-order valence-electron chi connectivity index (χ4n) is 5.62. The van der Waals surface area contributed by atoms with Gasteiger partial charge in [-0.3, -0.25) is 10.1 Å². The van der Waals surface area contributed by atoms with E-state index in [1.165, 1.54) is 17.7 Å². The first kappa shape index (κ1) is 27.2. The summed E-state index contributed by atoms with van der Waals surface area (Å²) in [5.41, 5.74) is 9.50. The number of nitrogens with two attached hydrogens (primary N) is 1. The molecule has 3 N–H and O–H groups in total. The maximum atomic E-state index is 14.8. The molecule has 0 spiro atoms. The number of nitrogens with one attached hydrogen (secondary N) is 1. The van der Waals surface area contributed by atoms with Crippen LogP contribution in [0.25, 0.3) is 0 Å². The average molecular weight is 539 g/mol. The van der Waals surface area contributed by atoms with Crippen molar-refractivity contribution in [3.63, 3.8) is 0 Å². The van der Waals surface area contributed by atoms with Gasteiger partial charge in [-0.15, -0.1) is 0 Å². The number of carbonyl (C=O) groups is 1. The molecular formula is C29H36F2N6O2. The van der Waals surface area contributed by atoms with E-state index in [1.54, 1.807) is 6.20 Å². The van der Waals surface area contributed by atoms with E-state index in [0.29, 0.717) is 57.4 Å². The van der Waals surface area contributed by atoms with Gasteiger partial charge in [0.15, 0.2) is 0 Å². The molecule has 2 fully saturated rings. The molecule has 39 heavy (non-hydrogen) atoms. The van der Waals surface area contributed by atoms with Crippen LogP contribution in [-0.4, -0.2) is 72.8 Å². The molecule has 2 aromatic carbocycles. The minimum absolute atomic E-state index is 0.233. The monoisotopic (exact) mass is 538 g/mol. The van der Waals surface area contributed by atoms with Crippen molar-refractivity contribution in [1.29, 1.82) is 0 Å². The molecule has 0 radical (unpaired) electrons. The number of morpholine rings is 1. The van der Waals surface area contributed by atoms with E-state index in [1.807, 2.05) is 10.8 Å². The first-order valence-electron chi connectivity index (χ1n) is 13.5. The van der Waals surface area contributed by atoms with Crippen LogP contribution in [0, 0.1) is 24.5 Å². The van der Waals surface area contributed by atoms with Crippen LogP contribution < -0.4 is 16.0 Å². The highest BCUT2D eigenvalue weighted by atomic mass is 19.1. The molecule has 5 rings (SSSR count). The lowest BCUT2D eigenvalue weighted by Gasteiger charge is -2.31. The van der Waals surface area contributed by atoms with Gasteiger partial charge in [-0.25, -0.2) is 13.8 Å². The SMILES string of the molecule is Cc1ccc(Cn2ccnc2NC(=O)[C@@H]2CN(CCCN)C[C@H]2c2ccc(F)cc2F)c(N2CCOCC2)c1. The average Bonchev–Trinajstić information content (AvgIpc) is 3.56.